The van der Waals surface area contributed by atoms with E-state index in [0.29, 0.717) is 11.6 Å². The number of hydrogen-bond donors (Lipinski definition) is 0. The van der Waals surface area contributed by atoms with Crippen molar-refractivity contribution in [2.24, 2.45) is 0 Å². The van der Waals surface area contributed by atoms with Crippen molar-refractivity contribution in [1.29, 1.82) is 0 Å². The van der Waals surface area contributed by atoms with Crippen molar-refractivity contribution < 1.29 is 9.21 Å². The lowest BCUT2D eigenvalue weighted by Crippen LogP contribution is -2.35. The van der Waals surface area contributed by atoms with Crippen molar-refractivity contribution in [2.75, 3.05) is 4.90 Å². The molecule has 0 fully saturated rings. The zero-order chi connectivity index (χ0) is 13.6. The van der Waals surface area contributed by atoms with Crippen LogP contribution < -0.4 is 4.90 Å². The van der Waals surface area contributed by atoms with E-state index in [0.717, 1.165) is 16.6 Å². The summed E-state index contributed by atoms with van der Waals surface area (Å²) in [5.41, 5.74) is 2.50. The Labute approximate surface area is 119 Å². The van der Waals surface area contributed by atoms with Crippen molar-refractivity contribution in [3.63, 3.8) is 0 Å². The minimum atomic E-state index is -0.106. The highest BCUT2D eigenvalue weighted by molar-refractivity contribution is 9.10. The van der Waals surface area contributed by atoms with Crippen LogP contribution in [0.2, 0.25) is 0 Å². The number of carbonyl (C=O) groups excluding carboxylic acids is 1. The van der Waals surface area contributed by atoms with Crippen LogP contribution in [0.1, 0.15) is 28.9 Å². The van der Waals surface area contributed by atoms with Gasteiger partial charge in [0, 0.05) is 23.1 Å². The molecule has 0 N–H and O–H groups in total. The summed E-state index contributed by atoms with van der Waals surface area (Å²) in [5, 5.41) is 0. The average molecular weight is 321 g/mol. The molecule has 0 bridgehead atoms. The van der Waals surface area contributed by atoms with Gasteiger partial charge in [-0.05, 0) is 37.1 Å². The number of carbonyl (C=O) groups is 1. The molecule has 2 aromatic rings. The molecule has 2 heterocycles. The van der Waals surface area contributed by atoms with Crippen molar-refractivity contribution in [3.8, 4) is 0 Å². The number of oxazole rings is 1. The van der Waals surface area contributed by atoms with Crippen molar-refractivity contribution >= 4 is 27.5 Å². The lowest BCUT2D eigenvalue weighted by Gasteiger charge is -2.21. The number of aryl methyl sites for hydroxylation is 1. The molecule has 1 amide bonds. The molecule has 1 aliphatic heterocycles. The third kappa shape index (κ3) is 2.08. The number of benzene rings is 1. The molecular weight excluding hydrogens is 308 g/mol. The van der Waals surface area contributed by atoms with E-state index in [9.17, 15) is 4.79 Å². The van der Waals surface area contributed by atoms with Gasteiger partial charge < -0.3 is 9.32 Å². The molecule has 4 nitrogen and oxygen atoms in total. The third-order valence-corrected chi connectivity index (χ3v) is 3.81. The molecule has 0 saturated carbocycles. The van der Waals surface area contributed by atoms with Gasteiger partial charge in [-0.15, -0.1) is 0 Å². The quantitative estimate of drug-likeness (QED) is 0.809. The number of halogens is 1. The normalized spacial score (nSPS) is 17.6. The molecule has 0 aliphatic carbocycles. The summed E-state index contributed by atoms with van der Waals surface area (Å²) in [6.45, 7) is 3.77. The molecule has 98 valence electrons. The fraction of sp³-hybridized carbons (Fsp3) is 0.286. The van der Waals surface area contributed by atoms with Crippen molar-refractivity contribution in [2.45, 2.75) is 26.3 Å². The molecule has 1 aliphatic rings. The number of aromatic nitrogens is 1. The van der Waals surface area contributed by atoms with Crippen LogP contribution in [0.15, 0.2) is 33.4 Å². The highest BCUT2D eigenvalue weighted by Gasteiger charge is 2.32. The van der Waals surface area contributed by atoms with Gasteiger partial charge in [-0.1, -0.05) is 15.9 Å². The average Bonchev–Trinajstić information content (AvgIpc) is 2.91. The molecule has 0 saturated heterocycles. The fourth-order valence-corrected chi connectivity index (χ4v) is 2.90. The van der Waals surface area contributed by atoms with Crippen molar-refractivity contribution in [3.05, 3.63) is 46.1 Å². The maximum atomic E-state index is 12.5. The molecule has 0 unspecified atom stereocenters. The van der Waals surface area contributed by atoms with Gasteiger partial charge in [-0.2, -0.15) is 0 Å². The first-order valence-electron chi connectivity index (χ1n) is 6.10. The topological polar surface area (TPSA) is 46.3 Å². The first-order valence-corrected chi connectivity index (χ1v) is 6.89. The lowest BCUT2D eigenvalue weighted by molar-refractivity contribution is 0.0976. The van der Waals surface area contributed by atoms with E-state index in [1.54, 1.807) is 11.8 Å². The molecule has 1 aromatic carbocycles. The summed E-state index contributed by atoms with van der Waals surface area (Å²) >= 11 is 3.46. The van der Waals surface area contributed by atoms with Gasteiger partial charge in [-0.3, -0.25) is 4.79 Å². The number of fused-ring (bicyclic) bond motifs is 1. The van der Waals surface area contributed by atoms with Gasteiger partial charge in [0.2, 0.25) is 0 Å². The van der Waals surface area contributed by atoms with Crippen LogP contribution in [0.4, 0.5) is 5.69 Å². The Morgan fingerprint density at radius 3 is 3.00 bits per heavy atom. The highest BCUT2D eigenvalue weighted by Crippen LogP contribution is 2.35. The molecule has 5 heteroatoms. The zero-order valence-corrected chi connectivity index (χ0v) is 12.3. The fourth-order valence-electron chi connectivity index (χ4n) is 2.49. The Morgan fingerprint density at radius 2 is 2.32 bits per heavy atom. The first-order chi connectivity index (χ1) is 9.06. The van der Waals surface area contributed by atoms with Crippen LogP contribution >= 0.6 is 15.9 Å². The summed E-state index contributed by atoms with van der Waals surface area (Å²) in [6.07, 6.45) is 2.28. The maximum Gasteiger partial charge on any atom is 0.280 e. The van der Waals surface area contributed by atoms with Crippen LogP contribution in [0.3, 0.4) is 0 Å². The van der Waals surface area contributed by atoms with E-state index in [4.69, 9.17) is 4.42 Å². The number of amides is 1. The second kappa shape index (κ2) is 4.49. The van der Waals surface area contributed by atoms with E-state index < -0.39 is 0 Å². The maximum absolute atomic E-state index is 12.5. The summed E-state index contributed by atoms with van der Waals surface area (Å²) in [6, 6.07) is 6.11. The Balaban J connectivity index is 2.00. The monoisotopic (exact) mass is 320 g/mol. The molecule has 0 spiro atoms. The smallest absolute Gasteiger partial charge is 0.280 e. The van der Waals surface area contributed by atoms with Gasteiger partial charge >= 0.3 is 0 Å². The number of anilines is 1. The summed E-state index contributed by atoms with van der Waals surface area (Å²) < 4.78 is 6.15. The largest absolute Gasteiger partial charge is 0.448 e. The number of hydrogen-bond acceptors (Lipinski definition) is 3. The second-order valence-electron chi connectivity index (χ2n) is 4.75. The van der Waals surface area contributed by atoms with Crippen LogP contribution in [0.5, 0.6) is 0 Å². The van der Waals surface area contributed by atoms with Gasteiger partial charge in [0.05, 0.1) is 0 Å². The molecule has 3 rings (SSSR count). The Morgan fingerprint density at radius 1 is 1.53 bits per heavy atom. The molecule has 19 heavy (non-hydrogen) atoms. The third-order valence-electron chi connectivity index (χ3n) is 3.31. The summed E-state index contributed by atoms with van der Waals surface area (Å²) in [5.74, 6) is 0.400. The van der Waals surface area contributed by atoms with Crippen molar-refractivity contribution in [1.82, 2.24) is 4.98 Å². The Bertz CT molecular complexity index is 651. The minimum Gasteiger partial charge on any atom is -0.448 e. The van der Waals surface area contributed by atoms with E-state index >= 15 is 0 Å². The minimum absolute atomic E-state index is 0.106. The zero-order valence-electron chi connectivity index (χ0n) is 10.7. The standard InChI is InChI=1S/C14H13BrN2O2/c1-8-5-10-6-11(15)3-4-13(10)17(8)14(18)12-7-19-9(2)16-12/h3-4,6-8H,5H2,1-2H3/t8-/m1/s1. The van der Waals surface area contributed by atoms with E-state index in [1.807, 2.05) is 19.1 Å². The SMILES string of the molecule is Cc1nc(C(=O)N2c3ccc(Br)cc3C[C@H]2C)co1. The first kappa shape index (κ1) is 12.4. The van der Waals surface area contributed by atoms with Crippen LogP contribution in [0, 0.1) is 6.92 Å². The van der Waals surface area contributed by atoms with Gasteiger partial charge in [0.1, 0.15) is 6.26 Å². The van der Waals surface area contributed by atoms with E-state index in [2.05, 4.69) is 27.0 Å². The van der Waals surface area contributed by atoms with Crippen LogP contribution in [-0.2, 0) is 6.42 Å². The van der Waals surface area contributed by atoms with Crippen LogP contribution in [-0.4, -0.2) is 16.9 Å². The predicted molar refractivity (Wildman–Crippen MR) is 75.4 cm³/mol. The second-order valence-corrected chi connectivity index (χ2v) is 5.67. The summed E-state index contributed by atoms with van der Waals surface area (Å²) in [4.78, 5) is 18.4. The van der Waals surface area contributed by atoms with Gasteiger partial charge in [0.25, 0.3) is 5.91 Å². The van der Waals surface area contributed by atoms with Gasteiger partial charge in [-0.25, -0.2) is 4.98 Å². The van der Waals surface area contributed by atoms with E-state index in [-0.39, 0.29) is 11.9 Å². The molecule has 0 radical (unpaired) electrons. The van der Waals surface area contributed by atoms with E-state index in [1.165, 1.54) is 11.8 Å². The predicted octanol–water partition coefficient (Wildman–Crippen LogP) is 3.34. The highest BCUT2D eigenvalue weighted by atomic mass is 79.9. The Kier molecular flexibility index (Phi) is 2.93. The number of nitrogens with zero attached hydrogens (tertiary/aromatic N) is 2. The molecular formula is C14H13BrN2O2. The number of rotatable bonds is 1. The summed E-state index contributed by atoms with van der Waals surface area (Å²) in [7, 11) is 0. The Hall–Kier alpha value is -1.62. The van der Waals surface area contributed by atoms with Crippen LogP contribution in [0.25, 0.3) is 0 Å². The lowest BCUT2D eigenvalue weighted by atomic mass is 10.1. The molecule has 1 aromatic heterocycles. The molecule has 1 atom stereocenters. The van der Waals surface area contributed by atoms with Gasteiger partial charge in [0.15, 0.2) is 11.6 Å².